The number of nitrogens with zero attached hydrogens (tertiary/aromatic N) is 1. The molecule has 1 atom stereocenters. The van der Waals surface area contributed by atoms with Crippen LogP contribution < -0.4 is 0 Å². The van der Waals surface area contributed by atoms with E-state index < -0.39 is 0 Å². The van der Waals surface area contributed by atoms with Crippen LogP contribution in [0.25, 0.3) is 0 Å². The zero-order valence-electron chi connectivity index (χ0n) is 12.6. The summed E-state index contributed by atoms with van der Waals surface area (Å²) in [6.45, 7) is 6.33. The van der Waals surface area contributed by atoms with Crippen molar-refractivity contribution in [3.63, 3.8) is 0 Å². The first-order valence-electron chi connectivity index (χ1n) is 7.73. The third kappa shape index (κ3) is 3.83. The Balaban J connectivity index is 2.02. The van der Waals surface area contributed by atoms with E-state index in [4.69, 9.17) is 4.74 Å². The van der Waals surface area contributed by atoms with E-state index in [9.17, 15) is 4.79 Å². The van der Waals surface area contributed by atoms with Gasteiger partial charge in [0.05, 0.1) is 6.61 Å². The summed E-state index contributed by atoms with van der Waals surface area (Å²) in [4.78, 5) is 14.3. The van der Waals surface area contributed by atoms with Crippen LogP contribution in [0.2, 0.25) is 0 Å². The second-order valence-electron chi connectivity index (χ2n) is 5.40. The standard InChI is InChI=1S/C17H25NO2/c1-3-14-8-10-15(11-9-14)13-18-12-6-5-7-16(18)17(19)20-4-2/h8-11,16H,3-7,12-13H2,1-2H3/t16-/m0/s1. The van der Waals surface area contributed by atoms with Gasteiger partial charge in [0.2, 0.25) is 0 Å². The molecule has 2 rings (SSSR count). The average Bonchev–Trinajstić information content (AvgIpc) is 2.49. The fourth-order valence-electron chi connectivity index (χ4n) is 2.80. The first kappa shape index (κ1) is 15.0. The van der Waals surface area contributed by atoms with Gasteiger partial charge in [-0.15, -0.1) is 0 Å². The number of benzene rings is 1. The molecular formula is C17H25NO2. The first-order chi connectivity index (χ1) is 9.74. The normalized spacial score (nSPS) is 19.8. The van der Waals surface area contributed by atoms with Crippen LogP contribution in [0.1, 0.15) is 44.2 Å². The Morgan fingerprint density at radius 2 is 1.90 bits per heavy atom. The third-order valence-electron chi connectivity index (χ3n) is 3.99. The highest BCUT2D eigenvalue weighted by molar-refractivity contribution is 5.75. The van der Waals surface area contributed by atoms with Gasteiger partial charge in [0.1, 0.15) is 6.04 Å². The summed E-state index contributed by atoms with van der Waals surface area (Å²) in [5.74, 6) is -0.0580. The lowest BCUT2D eigenvalue weighted by atomic mass is 10.0. The first-order valence-corrected chi connectivity index (χ1v) is 7.73. The summed E-state index contributed by atoms with van der Waals surface area (Å²) in [6.07, 6.45) is 4.28. The second-order valence-corrected chi connectivity index (χ2v) is 5.40. The zero-order chi connectivity index (χ0) is 14.4. The molecule has 20 heavy (non-hydrogen) atoms. The monoisotopic (exact) mass is 275 g/mol. The molecule has 1 heterocycles. The fourth-order valence-corrected chi connectivity index (χ4v) is 2.80. The molecule has 1 fully saturated rings. The number of carbonyl (C=O) groups is 1. The Hall–Kier alpha value is -1.35. The summed E-state index contributed by atoms with van der Waals surface area (Å²) in [7, 11) is 0. The molecule has 110 valence electrons. The molecular weight excluding hydrogens is 250 g/mol. The van der Waals surface area contributed by atoms with Gasteiger partial charge < -0.3 is 4.74 Å². The van der Waals surface area contributed by atoms with Gasteiger partial charge in [-0.2, -0.15) is 0 Å². The van der Waals surface area contributed by atoms with E-state index in [1.54, 1.807) is 0 Å². The Morgan fingerprint density at radius 1 is 1.20 bits per heavy atom. The smallest absolute Gasteiger partial charge is 0.323 e. The van der Waals surface area contributed by atoms with Crippen molar-refractivity contribution in [2.24, 2.45) is 0 Å². The van der Waals surface area contributed by atoms with Crippen LogP contribution in [-0.2, 0) is 22.5 Å². The zero-order valence-corrected chi connectivity index (χ0v) is 12.6. The number of hydrogen-bond acceptors (Lipinski definition) is 3. The Labute approximate surface area is 121 Å². The van der Waals surface area contributed by atoms with Gasteiger partial charge in [-0.25, -0.2) is 0 Å². The van der Waals surface area contributed by atoms with Crippen molar-refractivity contribution in [1.82, 2.24) is 4.90 Å². The second kappa shape index (κ2) is 7.44. The van der Waals surface area contributed by atoms with Gasteiger partial charge >= 0.3 is 5.97 Å². The van der Waals surface area contributed by atoms with Crippen LogP contribution in [0.3, 0.4) is 0 Å². The van der Waals surface area contributed by atoms with Crippen molar-refractivity contribution in [2.45, 2.75) is 52.1 Å². The lowest BCUT2D eigenvalue weighted by Crippen LogP contribution is -2.44. The molecule has 0 N–H and O–H groups in total. The molecule has 0 saturated carbocycles. The predicted octanol–water partition coefficient (Wildman–Crippen LogP) is 3.17. The maximum Gasteiger partial charge on any atom is 0.323 e. The molecule has 1 aliphatic heterocycles. The lowest BCUT2D eigenvalue weighted by Gasteiger charge is -2.34. The van der Waals surface area contributed by atoms with Gasteiger partial charge in [-0.1, -0.05) is 37.6 Å². The van der Waals surface area contributed by atoms with Crippen molar-refractivity contribution in [3.05, 3.63) is 35.4 Å². The number of ether oxygens (including phenoxy) is 1. The largest absolute Gasteiger partial charge is 0.465 e. The van der Waals surface area contributed by atoms with E-state index >= 15 is 0 Å². The number of hydrogen-bond donors (Lipinski definition) is 0. The van der Waals surface area contributed by atoms with Gasteiger partial charge in [-0.05, 0) is 43.9 Å². The summed E-state index contributed by atoms with van der Waals surface area (Å²) < 4.78 is 5.21. The summed E-state index contributed by atoms with van der Waals surface area (Å²) >= 11 is 0. The number of esters is 1. The number of piperidine rings is 1. The van der Waals surface area contributed by atoms with Crippen molar-refractivity contribution < 1.29 is 9.53 Å². The molecule has 1 aromatic carbocycles. The summed E-state index contributed by atoms with van der Waals surface area (Å²) in [5.41, 5.74) is 2.63. The third-order valence-corrected chi connectivity index (χ3v) is 3.99. The van der Waals surface area contributed by atoms with Crippen LogP contribution in [0.5, 0.6) is 0 Å². The Bertz CT molecular complexity index is 427. The van der Waals surface area contributed by atoms with Gasteiger partial charge in [0.15, 0.2) is 0 Å². The van der Waals surface area contributed by atoms with Crippen LogP contribution in [0.4, 0.5) is 0 Å². The highest BCUT2D eigenvalue weighted by Crippen LogP contribution is 2.21. The molecule has 0 aromatic heterocycles. The Morgan fingerprint density at radius 3 is 2.55 bits per heavy atom. The SMILES string of the molecule is CCOC(=O)[C@@H]1CCCCN1Cc1ccc(CC)cc1. The quantitative estimate of drug-likeness (QED) is 0.773. The molecule has 0 spiro atoms. The molecule has 0 radical (unpaired) electrons. The van der Waals surface area contributed by atoms with Gasteiger partial charge in [0, 0.05) is 6.54 Å². The topological polar surface area (TPSA) is 29.5 Å². The lowest BCUT2D eigenvalue weighted by molar-refractivity contribution is -0.151. The maximum absolute atomic E-state index is 12.0. The molecule has 0 aliphatic carbocycles. The van der Waals surface area contributed by atoms with E-state index in [2.05, 4.69) is 36.1 Å². The number of aryl methyl sites for hydroxylation is 1. The molecule has 1 aromatic rings. The highest BCUT2D eigenvalue weighted by atomic mass is 16.5. The van der Waals surface area contributed by atoms with Gasteiger partial charge in [-0.3, -0.25) is 9.69 Å². The molecule has 3 nitrogen and oxygen atoms in total. The van der Waals surface area contributed by atoms with Crippen molar-refractivity contribution in [2.75, 3.05) is 13.2 Å². The highest BCUT2D eigenvalue weighted by Gasteiger charge is 2.29. The average molecular weight is 275 g/mol. The van der Waals surface area contributed by atoms with E-state index in [1.807, 2.05) is 6.92 Å². The minimum absolute atomic E-state index is 0.0580. The van der Waals surface area contributed by atoms with Crippen molar-refractivity contribution >= 4 is 5.97 Å². The maximum atomic E-state index is 12.0. The molecule has 0 amide bonds. The van der Waals surface area contributed by atoms with E-state index in [1.165, 1.54) is 17.5 Å². The van der Waals surface area contributed by atoms with Crippen LogP contribution in [0.15, 0.2) is 24.3 Å². The fraction of sp³-hybridized carbons (Fsp3) is 0.588. The van der Waals surface area contributed by atoms with E-state index in [0.29, 0.717) is 6.61 Å². The minimum atomic E-state index is -0.0606. The number of rotatable bonds is 5. The number of carbonyl (C=O) groups excluding carboxylic acids is 1. The van der Waals surface area contributed by atoms with Crippen LogP contribution in [0, 0.1) is 0 Å². The Kier molecular flexibility index (Phi) is 5.60. The van der Waals surface area contributed by atoms with Crippen molar-refractivity contribution in [1.29, 1.82) is 0 Å². The molecule has 1 aliphatic rings. The van der Waals surface area contributed by atoms with Crippen molar-refractivity contribution in [3.8, 4) is 0 Å². The van der Waals surface area contributed by atoms with E-state index in [0.717, 1.165) is 32.4 Å². The summed E-state index contributed by atoms with van der Waals surface area (Å²) in [5, 5.41) is 0. The van der Waals surface area contributed by atoms with Crippen LogP contribution >= 0.6 is 0 Å². The van der Waals surface area contributed by atoms with E-state index in [-0.39, 0.29) is 12.0 Å². The summed E-state index contributed by atoms with van der Waals surface area (Å²) in [6, 6.07) is 8.65. The molecule has 3 heteroatoms. The minimum Gasteiger partial charge on any atom is -0.465 e. The molecule has 0 bridgehead atoms. The predicted molar refractivity (Wildman–Crippen MR) is 80.5 cm³/mol. The van der Waals surface area contributed by atoms with Gasteiger partial charge in [0.25, 0.3) is 0 Å². The van der Waals surface area contributed by atoms with Crippen LogP contribution in [-0.4, -0.2) is 30.1 Å². The molecule has 0 unspecified atom stereocenters. The number of likely N-dealkylation sites (tertiary alicyclic amines) is 1. The molecule has 1 saturated heterocycles.